The molecule has 0 saturated carbocycles. The zero-order valence-corrected chi connectivity index (χ0v) is 11.7. The van der Waals surface area contributed by atoms with E-state index in [1.54, 1.807) is 0 Å². The molecule has 3 rings (SSSR count). The van der Waals surface area contributed by atoms with Crippen LogP contribution in [0.1, 0.15) is 24.1 Å². The predicted molar refractivity (Wildman–Crippen MR) is 83.2 cm³/mol. The van der Waals surface area contributed by atoms with E-state index in [1.165, 1.54) is 0 Å². The van der Waals surface area contributed by atoms with Gasteiger partial charge in [0.25, 0.3) is 5.56 Å². The lowest BCUT2D eigenvalue weighted by molar-refractivity contribution is 0.617. The van der Waals surface area contributed by atoms with Crippen molar-refractivity contribution in [3.8, 4) is 0 Å². The van der Waals surface area contributed by atoms with Crippen LogP contribution in [0.25, 0.3) is 10.8 Å². The maximum Gasteiger partial charge on any atom is 0.258 e. The second-order valence-electron chi connectivity index (χ2n) is 5.16. The van der Waals surface area contributed by atoms with Crippen LogP contribution in [0.5, 0.6) is 0 Å². The first-order valence-electron chi connectivity index (χ1n) is 6.84. The van der Waals surface area contributed by atoms with Gasteiger partial charge in [0.15, 0.2) is 0 Å². The molecule has 1 atom stereocenters. The van der Waals surface area contributed by atoms with Gasteiger partial charge in [0, 0.05) is 11.6 Å². The summed E-state index contributed by atoms with van der Waals surface area (Å²) in [5, 5.41) is 1.82. The highest BCUT2D eigenvalue weighted by Gasteiger charge is 2.12. The van der Waals surface area contributed by atoms with E-state index in [1.807, 2.05) is 53.2 Å². The molecule has 1 heterocycles. The Morgan fingerprint density at radius 2 is 1.50 bits per heavy atom. The molecule has 1 aromatic heterocycles. The van der Waals surface area contributed by atoms with Gasteiger partial charge in [-0.25, -0.2) is 0 Å². The van der Waals surface area contributed by atoms with Crippen LogP contribution in [-0.2, 0) is 0 Å². The van der Waals surface area contributed by atoms with Gasteiger partial charge in [0.1, 0.15) is 0 Å². The monoisotopic (exact) mass is 263 g/mol. The van der Waals surface area contributed by atoms with Crippen molar-refractivity contribution in [2.24, 2.45) is 0 Å². The standard InChI is InChI=1S/C18H17NO/c1-13-12-19(14(2)15-8-4-3-5-9-15)18(20)17-11-7-6-10-16(13)17/h3-12,14H,1-2H3/t14-/m0/s1. The summed E-state index contributed by atoms with van der Waals surface area (Å²) < 4.78 is 1.83. The van der Waals surface area contributed by atoms with Crippen LogP contribution in [0.3, 0.4) is 0 Å². The van der Waals surface area contributed by atoms with Crippen LogP contribution in [0.4, 0.5) is 0 Å². The van der Waals surface area contributed by atoms with Gasteiger partial charge in [0.05, 0.1) is 6.04 Å². The lowest BCUT2D eigenvalue weighted by Crippen LogP contribution is -2.24. The molecule has 100 valence electrons. The summed E-state index contributed by atoms with van der Waals surface area (Å²) in [4.78, 5) is 12.7. The second-order valence-corrected chi connectivity index (χ2v) is 5.16. The van der Waals surface area contributed by atoms with E-state index in [0.717, 1.165) is 21.9 Å². The highest BCUT2D eigenvalue weighted by Crippen LogP contribution is 2.20. The molecule has 0 aliphatic carbocycles. The molecule has 2 aromatic carbocycles. The number of hydrogen-bond acceptors (Lipinski definition) is 1. The molecule has 0 aliphatic rings. The quantitative estimate of drug-likeness (QED) is 0.687. The summed E-state index contributed by atoms with van der Waals surface area (Å²) in [5.41, 5.74) is 2.34. The van der Waals surface area contributed by atoms with E-state index in [-0.39, 0.29) is 11.6 Å². The Labute approximate surface area is 118 Å². The molecule has 0 bridgehead atoms. The Hall–Kier alpha value is -2.35. The van der Waals surface area contributed by atoms with Crippen LogP contribution in [0.2, 0.25) is 0 Å². The van der Waals surface area contributed by atoms with E-state index in [0.29, 0.717) is 0 Å². The minimum absolute atomic E-state index is 0.0343. The third-order valence-electron chi connectivity index (χ3n) is 3.85. The average Bonchev–Trinajstić information content (AvgIpc) is 2.51. The molecule has 2 heteroatoms. The van der Waals surface area contributed by atoms with E-state index >= 15 is 0 Å². The number of hydrogen-bond donors (Lipinski definition) is 0. The van der Waals surface area contributed by atoms with E-state index < -0.39 is 0 Å². The van der Waals surface area contributed by atoms with E-state index in [4.69, 9.17) is 0 Å². The minimum Gasteiger partial charge on any atom is -0.308 e. The van der Waals surface area contributed by atoms with Gasteiger partial charge >= 0.3 is 0 Å². The predicted octanol–water partition coefficient (Wildman–Crippen LogP) is 3.92. The Balaban J connectivity index is 2.23. The van der Waals surface area contributed by atoms with Crippen molar-refractivity contribution in [3.63, 3.8) is 0 Å². The van der Waals surface area contributed by atoms with Crippen molar-refractivity contribution in [2.75, 3.05) is 0 Å². The number of nitrogens with zero attached hydrogens (tertiary/aromatic N) is 1. The van der Waals surface area contributed by atoms with Crippen LogP contribution in [0, 0.1) is 6.92 Å². The van der Waals surface area contributed by atoms with Crippen LogP contribution in [-0.4, -0.2) is 4.57 Å². The van der Waals surface area contributed by atoms with Crippen molar-refractivity contribution >= 4 is 10.8 Å². The summed E-state index contributed by atoms with van der Waals surface area (Å²) in [6, 6.07) is 17.9. The molecule has 20 heavy (non-hydrogen) atoms. The molecule has 0 spiro atoms. The van der Waals surface area contributed by atoms with Gasteiger partial charge in [-0.15, -0.1) is 0 Å². The number of fused-ring (bicyclic) bond motifs is 1. The van der Waals surface area contributed by atoms with E-state index in [9.17, 15) is 4.79 Å². The zero-order valence-electron chi connectivity index (χ0n) is 11.7. The smallest absolute Gasteiger partial charge is 0.258 e. The molecule has 0 fully saturated rings. The van der Waals surface area contributed by atoms with Gasteiger partial charge in [-0.3, -0.25) is 4.79 Å². The van der Waals surface area contributed by atoms with Crippen LogP contribution < -0.4 is 5.56 Å². The van der Waals surface area contributed by atoms with Gasteiger partial charge in [0.2, 0.25) is 0 Å². The third kappa shape index (κ3) is 2.03. The van der Waals surface area contributed by atoms with Crippen molar-refractivity contribution in [3.05, 3.63) is 82.3 Å². The number of aromatic nitrogens is 1. The summed E-state index contributed by atoms with van der Waals surface area (Å²) in [7, 11) is 0. The maximum atomic E-state index is 12.7. The van der Waals surface area contributed by atoms with Crippen molar-refractivity contribution in [1.82, 2.24) is 4.57 Å². The number of aryl methyl sites for hydroxylation is 1. The molecule has 0 N–H and O–H groups in total. The van der Waals surface area contributed by atoms with Crippen molar-refractivity contribution in [1.29, 1.82) is 0 Å². The van der Waals surface area contributed by atoms with E-state index in [2.05, 4.69) is 26.0 Å². The summed E-state index contributed by atoms with van der Waals surface area (Å²) >= 11 is 0. The van der Waals surface area contributed by atoms with Crippen molar-refractivity contribution in [2.45, 2.75) is 19.9 Å². The Morgan fingerprint density at radius 1 is 0.900 bits per heavy atom. The normalized spacial score (nSPS) is 12.5. The number of rotatable bonds is 2. The molecule has 0 aliphatic heterocycles. The fraction of sp³-hybridized carbons (Fsp3) is 0.167. The topological polar surface area (TPSA) is 22.0 Å². The van der Waals surface area contributed by atoms with Crippen LogP contribution in [0.15, 0.2) is 65.6 Å². The molecule has 0 radical (unpaired) electrons. The fourth-order valence-corrected chi connectivity index (χ4v) is 2.67. The Morgan fingerprint density at radius 3 is 2.20 bits per heavy atom. The van der Waals surface area contributed by atoms with Gasteiger partial charge in [-0.1, -0.05) is 48.5 Å². The molecule has 3 aromatic rings. The first-order valence-corrected chi connectivity index (χ1v) is 6.84. The maximum absolute atomic E-state index is 12.7. The fourth-order valence-electron chi connectivity index (χ4n) is 2.67. The Bertz CT molecular complexity index is 803. The lowest BCUT2D eigenvalue weighted by atomic mass is 10.1. The molecular weight excluding hydrogens is 246 g/mol. The van der Waals surface area contributed by atoms with Crippen molar-refractivity contribution < 1.29 is 0 Å². The summed E-state index contributed by atoms with van der Waals surface area (Å²) in [5.74, 6) is 0. The highest BCUT2D eigenvalue weighted by molar-refractivity contribution is 5.84. The third-order valence-corrected chi connectivity index (χ3v) is 3.85. The van der Waals surface area contributed by atoms with Gasteiger partial charge in [-0.05, 0) is 36.4 Å². The summed E-state index contributed by atoms with van der Waals surface area (Å²) in [6.45, 7) is 4.11. The molecule has 0 saturated heterocycles. The number of benzene rings is 2. The summed E-state index contributed by atoms with van der Waals surface area (Å²) in [6.07, 6.45) is 1.96. The minimum atomic E-state index is 0.0343. The number of pyridine rings is 1. The molecule has 0 amide bonds. The van der Waals surface area contributed by atoms with Gasteiger partial charge in [-0.2, -0.15) is 0 Å². The SMILES string of the molecule is Cc1cn([C@@H](C)c2ccccc2)c(=O)c2ccccc12. The first-order chi connectivity index (χ1) is 9.68. The Kier molecular flexibility index (Phi) is 3.15. The zero-order chi connectivity index (χ0) is 14.1. The first kappa shape index (κ1) is 12.7. The largest absolute Gasteiger partial charge is 0.308 e. The lowest BCUT2D eigenvalue weighted by Gasteiger charge is -2.17. The van der Waals surface area contributed by atoms with Crippen LogP contribution >= 0.6 is 0 Å². The average molecular weight is 263 g/mol. The molecule has 2 nitrogen and oxygen atoms in total. The second kappa shape index (κ2) is 4.97. The van der Waals surface area contributed by atoms with Gasteiger partial charge < -0.3 is 4.57 Å². The molecular formula is C18H17NO. The molecule has 0 unspecified atom stereocenters. The highest BCUT2D eigenvalue weighted by atomic mass is 16.1.